The van der Waals surface area contributed by atoms with Crippen molar-refractivity contribution in [3.8, 4) is 11.8 Å². The maximum Gasteiger partial charge on any atom is 0.290 e. The van der Waals surface area contributed by atoms with Crippen molar-refractivity contribution in [2.24, 2.45) is 0 Å². The topological polar surface area (TPSA) is 44.2 Å². The van der Waals surface area contributed by atoms with Gasteiger partial charge in [0.1, 0.15) is 0 Å². The van der Waals surface area contributed by atoms with Crippen molar-refractivity contribution in [1.82, 2.24) is 9.97 Å². The zero-order valence-corrected chi connectivity index (χ0v) is 12.2. The van der Waals surface area contributed by atoms with Crippen molar-refractivity contribution in [3.05, 3.63) is 48.3 Å². The third-order valence-corrected chi connectivity index (χ3v) is 5.16. The Balaban J connectivity index is 2.19. The van der Waals surface area contributed by atoms with Crippen molar-refractivity contribution >= 4 is 18.3 Å². The Kier molecular flexibility index (Phi) is 4.62. The highest BCUT2D eigenvalue weighted by atomic mass is 32.5. The zero-order valence-electron chi connectivity index (χ0n) is 10.5. The van der Waals surface area contributed by atoms with Crippen LogP contribution in [-0.2, 0) is 11.8 Å². The van der Waals surface area contributed by atoms with Crippen LogP contribution in [0.1, 0.15) is 6.92 Å². The SMILES string of the molecule is CCP(=S)(Oc1cccc(F)n1)Oc1cccc(F)n1. The minimum Gasteiger partial charge on any atom is -0.417 e. The summed E-state index contributed by atoms with van der Waals surface area (Å²) < 4.78 is 37.0. The highest BCUT2D eigenvalue weighted by Gasteiger charge is 2.21. The van der Waals surface area contributed by atoms with Gasteiger partial charge in [0.25, 0.3) is 6.49 Å². The molecule has 0 aliphatic rings. The quantitative estimate of drug-likeness (QED) is 0.623. The van der Waals surface area contributed by atoms with E-state index in [0.717, 1.165) is 0 Å². The van der Waals surface area contributed by atoms with Crippen molar-refractivity contribution in [3.63, 3.8) is 0 Å². The van der Waals surface area contributed by atoms with Crippen molar-refractivity contribution in [2.45, 2.75) is 6.92 Å². The Morgan fingerprint density at radius 2 is 1.45 bits per heavy atom. The lowest BCUT2D eigenvalue weighted by molar-refractivity contribution is 0.448. The molecule has 0 aromatic carbocycles. The summed E-state index contributed by atoms with van der Waals surface area (Å²) in [6.07, 6.45) is 0.360. The van der Waals surface area contributed by atoms with Gasteiger partial charge in [-0.05, 0) is 23.9 Å². The highest BCUT2D eigenvalue weighted by molar-refractivity contribution is 8.10. The van der Waals surface area contributed by atoms with Gasteiger partial charge in [0.2, 0.25) is 23.7 Å². The number of aromatic nitrogens is 2. The number of nitrogens with zero attached hydrogens (tertiary/aromatic N) is 2. The van der Waals surface area contributed by atoms with Gasteiger partial charge in [-0.15, -0.1) is 0 Å². The molecule has 0 unspecified atom stereocenters. The lowest BCUT2D eigenvalue weighted by atomic mass is 10.5. The first kappa shape index (κ1) is 14.8. The predicted octanol–water partition coefficient (Wildman–Crippen LogP) is 3.54. The normalized spacial score (nSPS) is 11.2. The van der Waals surface area contributed by atoms with Gasteiger partial charge < -0.3 is 9.05 Å². The molecule has 0 bridgehead atoms. The van der Waals surface area contributed by atoms with Crippen LogP contribution in [0.2, 0.25) is 0 Å². The van der Waals surface area contributed by atoms with Crippen LogP contribution in [0.3, 0.4) is 0 Å². The largest absolute Gasteiger partial charge is 0.417 e. The van der Waals surface area contributed by atoms with Crippen molar-refractivity contribution in [1.29, 1.82) is 0 Å². The average molecular weight is 316 g/mol. The van der Waals surface area contributed by atoms with Gasteiger partial charge in [-0.2, -0.15) is 18.7 Å². The lowest BCUT2D eigenvalue weighted by Gasteiger charge is -2.20. The van der Waals surface area contributed by atoms with E-state index in [0.29, 0.717) is 6.16 Å². The molecule has 0 saturated carbocycles. The molecule has 0 spiro atoms. The summed E-state index contributed by atoms with van der Waals surface area (Å²) in [5.41, 5.74) is 0. The average Bonchev–Trinajstić information content (AvgIpc) is 2.38. The van der Waals surface area contributed by atoms with E-state index in [4.69, 9.17) is 20.9 Å². The number of halogens is 2. The second kappa shape index (κ2) is 6.24. The van der Waals surface area contributed by atoms with Crippen LogP contribution in [0.5, 0.6) is 11.8 Å². The van der Waals surface area contributed by atoms with Gasteiger partial charge >= 0.3 is 0 Å². The van der Waals surface area contributed by atoms with E-state index in [-0.39, 0.29) is 11.8 Å². The molecule has 2 aromatic rings. The lowest BCUT2D eigenvalue weighted by Crippen LogP contribution is -2.05. The van der Waals surface area contributed by atoms with E-state index in [2.05, 4.69) is 9.97 Å². The van der Waals surface area contributed by atoms with Gasteiger partial charge in [0.05, 0.1) is 0 Å². The monoisotopic (exact) mass is 316 g/mol. The maximum absolute atomic E-state index is 13.0. The fourth-order valence-corrected chi connectivity index (χ4v) is 2.84. The molecule has 20 heavy (non-hydrogen) atoms. The number of rotatable bonds is 5. The second-order valence-electron chi connectivity index (χ2n) is 3.71. The molecule has 0 N–H and O–H groups in total. The first-order valence-corrected chi connectivity index (χ1v) is 8.56. The van der Waals surface area contributed by atoms with Crippen molar-refractivity contribution in [2.75, 3.05) is 6.16 Å². The summed E-state index contributed by atoms with van der Waals surface area (Å²) in [4.78, 5) is 7.13. The Morgan fingerprint density at radius 3 is 1.80 bits per heavy atom. The molecule has 2 aromatic heterocycles. The first-order valence-electron chi connectivity index (χ1n) is 5.74. The maximum atomic E-state index is 13.0. The fourth-order valence-electron chi connectivity index (χ4n) is 1.31. The van der Waals surface area contributed by atoms with Crippen LogP contribution in [0.15, 0.2) is 36.4 Å². The van der Waals surface area contributed by atoms with Gasteiger partial charge in [-0.3, -0.25) is 0 Å². The molecular formula is C12H11F2N2O2PS. The minimum absolute atomic E-state index is 0.0339. The van der Waals surface area contributed by atoms with Crippen LogP contribution in [0.25, 0.3) is 0 Å². The van der Waals surface area contributed by atoms with Crippen LogP contribution in [-0.4, -0.2) is 16.1 Å². The Labute approximate surface area is 120 Å². The molecule has 2 rings (SSSR count). The second-order valence-corrected chi connectivity index (χ2v) is 7.60. The summed E-state index contributed by atoms with van der Waals surface area (Å²) in [5, 5.41) is 0. The number of hydrogen-bond acceptors (Lipinski definition) is 5. The van der Waals surface area contributed by atoms with Crippen LogP contribution < -0.4 is 9.05 Å². The molecule has 0 saturated heterocycles. The van der Waals surface area contributed by atoms with Crippen molar-refractivity contribution < 1.29 is 17.8 Å². The van der Waals surface area contributed by atoms with E-state index in [1.807, 2.05) is 0 Å². The highest BCUT2D eigenvalue weighted by Crippen LogP contribution is 2.47. The molecule has 4 nitrogen and oxygen atoms in total. The summed E-state index contributed by atoms with van der Waals surface area (Å²) in [6.45, 7) is -1.05. The molecule has 0 amide bonds. The summed E-state index contributed by atoms with van der Waals surface area (Å²) in [6, 6.07) is 8.24. The number of hydrogen-bond donors (Lipinski definition) is 0. The predicted molar refractivity (Wildman–Crippen MR) is 74.5 cm³/mol. The zero-order chi connectivity index (χ0) is 14.6. The Morgan fingerprint density at radius 1 is 1.00 bits per heavy atom. The number of pyridine rings is 2. The Hall–Kier alpha value is -1.59. The standard InChI is InChI=1S/C12H11F2N2O2PS/c1-2-19(20,17-11-7-3-5-9(13)15-11)18-12-8-4-6-10(14)16-12/h3-8H,2H2,1H3. The first-order chi connectivity index (χ1) is 9.50. The van der Waals surface area contributed by atoms with Gasteiger partial charge in [-0.1, -0.05) is 19.1 Å². The van der Waals surface area contributed by atoms with E-state index in [1.165, 1.54) is 36.4 Å². The molecule has 0 fully saturated rings. The van der Waals surface area contributed by atoms with E-state index in [9.17, 15) is 8.78 Å². The van der Waals surface area contributed by atoms with Gasteiger partial charge in [0.15, 0.2) is 0 Å². The molecule has 0 aliphatic heterocycles. The summed E-state index contributed by atoms with van der Waals surface area (Å²) in [5.74, 6) is -1.29. The third-order valence-electron chi connectivity index (χ3n) is 2.23. The Bertz CT molecular complexity index is 605. The minimum atomic E-state index is -2.81. The van der Waals surface area contributed by atoms with Crippen LogP contribution in [0, 0.1) is 11.9 Å². The molecular weight excluding hydrogens is 305 g/mol. The van der Waals surface area contributed by atoms with E-state index >= 15 is 0 Å². The molecule has 0 atom stereocenters. The van der Waals surface area contributed by atoms with Gasteiger partial charge in [0, 0.05) is 18.3 Å². The fraction of sp³-hybridized carbons (Fsp3) is 0.167. The molecule has 0 radical (unpaired) electrons. The van der Waals surface area contributed by atoms with Gasteiger partial charge in [-0.25, -0.2) is 0 Å². The van der Waals surface area contributed by atoms with E-state index in [1.54, 1.807) is 6.92 Å². The third kappa shape index (κ3) is 3.95. The molecule has 0 aliphatic carbocycles. The molecule has 2 heterocycles. The molecule has 8 heteroatoms. The van der Waals surface area contributed by atoms with E-state index < -0.39 is 18.4 Å². The van der Waals surface area contributed by atoms with Crippen LogP contribution in [0.4, 0.5) is 8.78 Å². The van der Waals surface area contributed by atoms with Crippen LogP contribution >= 0.6 is 6.49 Å². The smallest absolute Gasteiger partial charge is 0.290 e. The summed E-state index contributed by atoms with van der Waals surface area (Å²) in [7, 11) is 0. The molecule has 106 valence electrons. The summed E-state index contributed by atoms with van der Waals surface area (Å²) >= 11 is 5.30.